The van der Waals surface area contributed by atoms with E-state index in [1.165, 1.54) is 12.8 Å². The summed E-state index contributed by atoms with van der Waals surface area (Å²) >= 11 is 0. The van der Waals surface area contributed by atoms with Crippen LogP contribution >= 0.6 is 0 Å². The van der Waals surface area contributed by atoms with Crippen LogP contribution < -0.4 is 11.1 Å². The molecular formula is C13H27N3O. The van der Waals surface area contributed by atoms with E-state index in [1.807, 2.05) is 20.8 Å². The van der Waals surface area contributed by atoms with Crippen LogP contribution in [-0.2, 0) is 4.79 Å². The Labute approximate surface area is 105 Å². The number of amides is 1. The predicted octanol–water partition coefficient (Wildman–Crippen LogP) is 0.819. The molecule has 0 aliphatic carbocycles. The molecular weight excluding hydrogens is 214 g/mol. The van der Waals surface area contributed by atoms with Crippen molar-refractivity contribution in [3.05, 3.63) is 0 Å². The molecule has 100 valence electrons. The fourth-order valence-corrected chi connectivity index (χ4v) is 2.21. The molecule has 0 radical (unpaired) electrons. The van der Waals surface area contributed by atoms with Gasteiger partial charge in [-0.1, -0.05) is 20.8 Å². The van der Waals surface area contributed by atoms with Gasteiger partial charge in [-0.2, -0.15) is 0 Å². The quantitative estimate of drug-likeness (QED) is 0.766. The Morgan fingerprint density at radius 2 is 2.18 bits per heavy atom. The lowest BCUT2D eigenvalue weighted by atomic mass is 9.94. The SMILES string of the molecule is CC(C)(C)C(=O)NCC1CCCN(CCN)C1. The first-order valence-corrected chi connectivity index (χ1v) is 6.64. The van der Waals surface area contributed by atoms with Gasteiger partial charge in [-0.15, -0.1) is 0 Å². The molecule has 4 heteroatoms. The molecule has 17 heavy (non-hydrogen) atoms. The average Bonchev–Trinajstić information content (AvgIpc) is 2.25. The molecule has 1 aliphatic heterocycles. The number of likely N-dealkylation sites (tertiary alicyclic amines) is 1. The van der Waals surface area contributed by atoms with E-state index < -0.39 is 0 Å². The Morgan fingerprint density at radius 1 is 1.47 bits per heavy atom. The van der Waals surface area contributed by atoms with Crippen molar-refractivity contribution in [2.24, 2.45) is 17.1 Å². The second-order valence-electron chi connectivity index (χ2n) is 6.06. The minimum absolute atomic E-state index is 0.147. The van der Waals surface area contributed by atoms with Gasteiger partial charge in [-0.25, -0.2) is 0 Å². The van der Waals surface area contributed by atoms with Crippen molar-refractivity contribution in [1.82, 2.24) is 10.2 Å². The normalized spacial score (nSPS) is 22.5. The molecule has 3 N–H and O–H groups in total. The van der Waals surface area contributed by atoms with Crippen LogP contribution in [0, 0.1) is 11.3 Å². The van der Waals surface area contributed by atoms with Crippen LogP contribution in [0.15, 0.2) is 0 Å². The van der Waals surface area contributed by atoms with E-state index in [9.17, 15) is 4.79 Å². The van der Waals surface area contributed by atoms with E-state index in [0.29, 0.717) is 5.92 Å². The van der Waals surface area contributed by atoms with Crippen LogP contribution in [0.3, 0.4) is 0 Å². The van der Waals surface area contributed by atoms with E-state index in [1.54, 1.807) is 0 Å². The van der Waals surface area contributed by atoms with Crippen molar-refractivity contribution in [3.8, 4) is 0 Å². The number of carbonyl (C=O) groups excluding carboxylic acids is 1. The van der Waals surface area contributed by atoms with Crippen molar-refractivity contribution in [1.29, 1.82) is 0 Å². The lowest BCUT2D eigenvalue weighted by Gasteiger charge is -2.33. The zero-order valence-electron chi connectivity index (χ0n) is 11.5. The summed E-state index contributed by atoms with van der Waals surface area (Å²) in [6.45, 7) is 10.6. The molecule has 1 amide bonds. The van der Waals surface area contributed by atoms with Crippen molar-refractivity contribution in [2.45, 2.75) is 33.6 Å². The van der Waals surface area contributed by atoms with Gasteiger partial charge < -0.3 is 16.0 Å². The summed E-state index contributed by atoms with van der Waals surface area (Å²) in [6.07, 6.45) is 2.43. The fourth-order valence-electron chi connectivity index (χ4n) is 2.21. The first kappa shape index (κ1) is 14.5. The topological polar surface area (TPSA) is 58.4 Å². The fraction of sp³-hybridized carbons (Fsp3) is 0.923. The number of carbonyl (C=O) groups is 1. The van der Waals surface area contributed by atoms with E-state index in [0.717, 1.165) is 32.7 Å². The molecule has 0 bridgehead atoms. The minimum atomic E-state index is -0.286. The maximum absolute atomic E-state index is 11.8. The molecule has 1 saturated heterocycles. The number of nitrogens with two attached hydrogens (primary N) is 1. The highest BCUT2D eigenvalue weighted by molar-refractivity contribution is 5.81. The predicted molar refractivity (Wildman–Crippen MR) is 70.7 cm³/mol. The van der Waals surface area contributed by atoms with Crippen LogP contribution in [0.25, 0.3) is 0 Å². The third kappa shape index (κ3) is 5.04. The molecule has 0 spiro atoms. The van der Waals surface area contributed by atoms with Crippen LogP contribution in [-0.4, -0.2) is 43.5 Å². The van der Waals surface area contributed by atoms with Gasteiger partial charge in [0.05, 0.1) is 0 Å². The first-order chi connectivity index (χ1) is 7.93. The molecule has 1 unspecified atom stereocenters. The molecule has 1 heterocycles. The van der Waals surface area contributed by atoms with Gasteiger partial charge in [0.2, 0.25) is 5.91 Å². The summed E-state index contributed by atoms with van der Waals surface area (Å²) in [5.41, 5.74) is 5.29. The summed E-state index contributed by atoms with van der Waals surface area (Å²) in [6, 6.07) is 0. The van der Waals surface area contributed by atoms with Gasteiger partial charge in [0.15, 0.2) is 0 Å². The first-order valence-electron chi connectivity index (χ1n) is 6.64. The third-order valence-electron chi connectivity index (χ3n) is 3.28. The summed E-state index contributed by atoms with van der Waals surface area (Å²) in [5, 5.41) is 3.06. The monoisotopic (exact) mass is 241 g/mol. The van der Waals surface area contributed by atoms with E-state index >= 15 is 0 Å². The molecule has 0 aromatic rings. The number of piperidine rings is 1. The Morgan fingerprint density at radius 3 is 2.76 bits per heavy atom. The number of rotatable bonds is 4. The molecule has 0 aromatic carbocycles. The zero-order chi connectivity index (χ0) is 12.9. The highest BCUT2D eigenvalue weighted by Crippen LogP contribution is 2.17. The molecule has 4 nitrogen and oxygen atoms in total. The summed E-state index contributed by atoms with van der Waals surface area (Å²) < 4.78 is 0. The summed E-state index contributed by atoms with van der Waals surface area (Å²) in [4.78, 5) is 14.2. The smallest absolute Gasteiger partial charge is 0.225 e. The van der Waals surface area contributed by atoms with Crippen molar-refractivity contribution in [2.75, 3.05) is 32.7 Å². The van der Waals surface area contributed by atoms with Crippen molar-refractivity contribution < 1.29 is 4.79 Å². The molecule has 1 aliphatic rings. The minimum Gasteiger partial charge on any atom is -0.355 e. The Kier molecular flexibility index (Phi) is 5.40. The lowest BCUT2D eigenvalue weighted by molar-refractivity contribution is -0.128. The molecule has 1 fully saturated rings. The zero-order valence-corrected chi connectivity index (χ0v) is 11.5. The van der Waals surface area contributed by atoms with Crippen LogP contribution in [0.1, 0.15) is 33.6 Å². The van der Waals surface area contributed by atoms with Gasteiger partial charge in [0, 0.05) is 31.6 Å². The van der Waals surface area contributed by atoms with Gasteiger partial charge in [0.25, 0.3) is 0 Å². The standard InChI is InChI=1S/C13H27N3O/c1-13(2,3)12(17)15-9-11-5-4-7-16(10-11)8-6-14/h11H,4-10,14H2,1-3H3,(H,15,17). The number of hydrogen-bond donors (Lipinski definition) is 2. The van der Waals surface area contributed by atoms with Crippen molar-refractivity contribution in [3.63, 3.8) is 0 Å². The number of hydrogen-bond acceptors (Lipinski definition) is 3. The van der Waals surface area contributed by atoms with Crippen LogP contribution in [0.5, 0.6) is 0 Å². The van der Waals surface area contributed by atoms with Crippen LogP contribution in [0.4, 0.5) is 0 Å². The highest BCUT2D eigenvalue weighted by atomic mass is 16.2. The molecule has 1 atom stereocenters. The maximum atomic E-state index is 11.8. The van der Waals surface area contributed by atoms with Crippen LogP contribution in [0.2, 0.25) is 0 Å². The second-order valence-corrected chi connectivity index (χ2v) is 6.06. The molecule has 0 aromatic heterocycles. The van der Waals surface area contributed by atoms with Gasteiger partial charge in [0.1, 0.15) is 0 Å². The lowest BCUT2D eigenvalue weighted by Crippen LogP contribution is -2.44. The van der Waals surface area contributed by atoms with Gasteiger partial charge in [-0.05, 0) is 25.3 Å². The van der Waals surface area contributed by atoms with Gasteiger partial charge >= 0.3 is 0 Å². The average molecular weight is 241 g/mol. The van der Waals surface area contributed by atoms with Crippen molar-refractivity contribution >= 4 is 5.91 Å². The summed E-state index contributed by atoms with van der Waals surface area (Å²) in [5.74, 6) is 0.732. The largest absolute Gasteiger partial charge is 0.355 e. The van der Waals surface area contributed by atoms with E-state index in [-0.39, 0.29) is 11.3 Å². The van der Waals surface area contributed by atoms with E-state index in [4.69, 9.17) is 5.73 Å². The van der Waals surface area contributed by atoms with Gasteiger partial charge in [-0.3, -0.25) is 4.79 Å². The molecule has 0 saturated carbocycles. The van der Waals surface area contributed by atoms with E-state index in [2.05, 4.69) is 10.2 Å². The summed E-state index contributed by atoms with van der Waals surface area (Å²) in [7, 11) is 0. The molecule has 1 rings (SSSR count). The number of nitrogens with zero attached hydrogens (tertiary/aromatic N) is 1. The third-order valence-corrected chi connectivity index (χ3v) is 3.28. The number of nitrogens with one attached hydrogen (secondary N) is 1. The Balaban J connectivity index is 2.29. The Hall–Kier alpha value is -0.610. The second kappa shape index (κ2) is 6.36. The maximum Gasteiger partial charge on any atom is 0.225 e. The highest BCUT2D eigenvalue weighted by Gasteiger charge is 2.24. The Bertz CT molecular complexity index is 246.